The molecule has 2 rings (SSSR count). The van der Waals surface area contributed by atoms with E-state index in [0.29, 0.717) is 24.5 Å². The summed E-state index contributed by atoms with van der Waals surface area (Å²) >= 11 is 0. The summed E-state index contributed by atoms with van der Waals surface area (Å²) in [4.78, 5) is 24.4. The molecule has 0 aliphatic carbocycles. The average molecular weight is 360 g/mol. The molecule has 1 atom stereocenters. The lowest BCUT2D eigenvalue weighted by atomic mass is 9.95. The number of unbranched alkanes of at least 4 members (excludes halogenated alkanes) is 1. The lowest BCUT2D eigenvalue weighted by Gasteiger charge is -2.28. The van der Waals surface area contributed by atoms with Gasteiger partial charge in [-0.05, 0) is 37.0 Å². The number of hydrogen-bond acceptors (Lipinski definition) is 4. The van der Waals surface area contributed by atoms with Gasteiger partial charge in [-0.2, -0.15) is 0 Å². The van der Waals surface area contributed by atoms with Gasteiger partial charge < -0.3 is 20.1 Å². The van der Waals surface area contributed by atoms with Crippen molar-refractivity contribution in [2.45, 2.75) is 46.6 Å². The van der Waals surface area contributed by atoms with E-state index in [1.54, 1.807) is 6.92 Å². The van der Waals surface area contributed by atoms with Crippen LogP contribution < -0.4 is 15.4 Å². The van der Waals surface area contributed by atoms with Gasteiger partial charge in [-0.3, -0.25) is 0 Å². The molecule has 2 N–H and O–H groups in total. The Morgan fingerprint density at radius 1 is 1.23 bits per heavy atom. The number of carbonyl (C=O) groups is 2. The monoisotopic (exact) mass is 360 g/mol. The molecule has 1 heterocycles. The van der Waals surface area contributed by atoms with Crippen LogP contribution in [0.1, 0.15) is 52.1 Å². The molecule has 0 bridgehead atoms. The zero-order valence-electron chi connectivity index (χ0n) is 15.9. The summed E-state index contributed by atoms with van der Waals surface area (Å²) in [5, 5.41) is 5.45. The maximum absolute atomic E-state index is 12.5. The molecule has 142 valence electrons. The summed E-state index contributed by atoms with van der Waals surface area (Å²) in [5.74, 6) is 0.591. The highest BCUT2D eigenvalue weighted by Gasteiger charge is 2.32. The van der Waals surface area contributed by atoms with Crippen LogP contribution in [0.4, 0.5) is 4.79 Å². The normalized spacial score (nSPS) is 17.0. The molecule has 6 nitrogen and oxygen atoms in total. The summed E-state index contributed by atoms with van der Waals surface area (Å²) in [6.07, 6.45) is 2.07. The number of nitrogens with one attached hydrogen (secondary N) is 2. The van der Waals surface area contributed by atoms with E-state index >= 15 is 0 Å². The van der Waals surface area contributed by atoms with Gasteiger partial charge in [0.15, 0.2) is 0 Å². The highest BCUT2D eigenvalue weighted by molar-refractivity contribution is 5.95. The molecule has 1 aliphatic heterocycles. The number of hydrogen-bond donors (Lipinski definition) is 2. The molecule has 1 unspecified atom stereocenters. The number of urea groups is 1. The van der Waals surface area contributed by atoms with Gasteiger partial charge in [0.25, 0.3) is 0 Å². The van der Waals surface area contributed by atoms with Crippen LogP contribution in [0.3, 0.4) is 0 Å². The number of amides is 2. The molecule has 1 aromatic rings. The lowest BCUT2D eigenvalue weighted by molar-refractivity contribution is -0.140. The highest BCUT2D eigenvalue weighted by atomic mass is 16.5. The molecule has 0 saturated carbocycles. The Balaban J connectivity index is 2.19. The molecular weight excluding hydrogens is 332 g/mol. The minimum absolute atomic E-state index is 0.240. The summed E-state index contributed by atoms with van der Waals surface area (Å²) in [5.41, 5.74) is 1.74. The molecule has 1 aliphatic rings. The number of rotatable bonds is 8. The first-order chi connectivity index (χ1) is 12.4. The van der Waals surface area contributed by atoms with Gasteiger partial charge in [-0.25, -0.2) is 9.59 Å². The van der Waals surface area contributed by atoms with E-state index in [1.807, 2.05) is 38.1 Å². The van der Waals surface area contributed by atoms with Gasteiger partial charge in [-0.1, -0.05) is 39.3 Å². The van der Waals surface area contributed by atoms with Crippen molar-refractivity contribution in [2.75, 3.05) is 13.2 Å². The van der Waals surface area contributed by atoms with Gasteiger partial charge in [0, 0.05) is 5.70 Å². The maximum Gasteiger partial charge on any atom is 0.338 e. The molecule has 0 saturated heterocycles. The van der Waals surface area contributed by atoms with E-state index in [2.05, 4.69) is 17.6 Å². The SMILES string of the molecule is CCCCOc1ccc(C2NC(=O)NC(C)=C2C(=O)OCC(C)C)cc1. The van der Waals surface area contributed by atoms with Crippen molar-refractivity contribution in [1.29, 1.82) is 0 Å². The van der Waals surface area contributed by atoms with Crippen molar-refractivity contribution < 1.29 is 19.1 Å². The van der Waals surface area contributed by atoms with E-state index in [1.165, 1.54) is 0 Å². The van der Waals surface area contributed by atoms with Crippen molar-refractivity contribution in [3.63, 3.8) is 0 Å². The Morgan fingerprint density at radius 2 is 1.92 bits per heavy atom. The van der Waals surface area contributed by atoms with Crippen molar-refractivity contribution in [3.05, 3.63) is 41.1 Å². The topological polar surface area (TPSA) is 76.7 Å². The van der Waals surface area contributed by atoms with Crippen molar-refractivity contribution in [3.8, 4) is 5.75 Å². The van der Waals surface area contributed by atoms with E-state index in [9.17, 15) is 9.59 Å². The number of allylic oxidation sites excluding steroid dienone is 1. The molecule has 6 heteroatoms. The molecule has 1 aromatic carbocycles. The van der Waals surface area contributed by atoms with Crippen LogP contribution in [0.15, 0.2) is 35.5 Å². The molecule has 2 amide bonds. The second-order valence-electron chi connectivity index (χ2n) is 6.83. The number of esters is 1. The second kappa shape index (κ2) is 9.27. The van der Waals surface area contributed by atoms with Crippen LogP contribution >= 0.6 is 0 Å². The van der Waals surface area contributed by atoms with E-state index in [-0.39, 0.29) is 11.9 Å². The van der Waals surface area contributed by atoms with Crippen LogP contribution in [0, 0.1) is 5.92 Å². The standard InChI is InChI=1S/C20H28N2O4/c1-5-6-11-25-16-9-7-15(8-10-16)18-17(14(4)21-20(24)22-18)19(23)26-12-13(2)3/h7-10,13,18H,5-6,11-12H2,1-4H3,(H2,21,22,24). The molecule has 0 radical (unpaired) electrons. The summed E-state index contributed by atoms with van der Waals surface area (Å²) in [6.45, 7) is 8.78. The Morgan fingerprint density at radius 3 is 2.54 bits per heavy atom. The van der Waals surface area contributed by atoms with Gasteiger partial charge in [-0.15, -0.1) is 0 Å². The minimum atomic E-state index is -0.548. The Hall–Kier alpha value is -2.50. The van der Waals surface area contributed by atoms with Crippen LogP contribution in [-0.4, -0.2) is 25.2 Å². The first kappa shape index (κ1) is 19.8. The lowest BCUT2D eigenvalue weighted by Crippen LogP contribution is -2.45. The third kappa shape index (κ3) is 5.25. The molecule has 0 spiro atoms. The fourth-order valence-corrected chi connectivity index (χ4v) is 2.63. The average Bonchev–Trinajstić information content (AvgIpc) is 2.60. The predicted molar refractivity (Wildman–Crippen MR) is 99.8 cm³/mol. The highest BCUT2D eigenvalue weighted by Crippen LogP contribution is 2.29. The molecule has 26 heavy (non-hydrogen) atoms. The quantitative estimate of drug-likeness (QED) is 0.547. The van der Waals surface area contributed by atoms with E-state index < -0.39 is 12.0 Å². The molecule has 0 aromatic heterocycles. The Bertz CT molecular complexity index is 665. The minimum Gasteiger partial charge on any atom is -0.494 e. The van der Waals surface area contributed by atoms with Gasteiger partial charge in [0.2, 0.25) is 0 Å². The van der Waals surface area contributed by atoms with Crippen molar-refractivity contribution >= 4 is 12.0 Å². The van der Waals surface area contributed by atoms with Gasteiger partial charge >= 0.3 is 12.0 Å². The molecule has 0 fully saturated rings. The summed E-state index contributed by atoms with van der Waals surface area (Å²) in [6, 6.07) is 6.54. The smallest absolute Gasteiger partial charge is 0.338 e. The van der Waals surface area contributed by atoms with Gasteiger partial charge in [0.1, 0.15) is 5.75 Å². The third-order valence-electron chi connectivity index (χ3n) is 4.02. The molecular formula is C20H28N2O4. The van der Waals surface area contributed by atoms with E-state index in [0.717, 1.165) is 24.2 Å². The zero-order valence-corrected chi connectivity index (χ0v) is 15.9. The van der Waals surface area contributed by atoms with Crippen molar-refractivity contribution in [2.24, 2.45) is 5.92 Å². The zero-order chi connectivity index (χ0) is 19.1. The third-order valence-corrected chi connectivity index (χ3v) is 4.02. The largest absolute Gasteiger partial charge is 0.494 e. The van der Waals surface area contributed by atoms with Crippen LogP contribution in [0.25, 0.3) is 0 Å². The first-order valence-corrected chi connectivity index (χ1v) is 9.10. The Labute approximate surface area is 154 Å². The van der Waals surface area contributed by atoms with Crippen molar-refractivity contribution in [1.82, 2.24) is 10.6 Å². The Kier molecular flexibility index (Phi) is 7.06. The van der Waals surface area contributed by atoms with E-state index in [4.69, 9.17) is 9.47 Å². The van der Waals surface area contributed by atoms with Crippen LogP contribution in [0.5, 0.6) is 5.75 Å². The van der Waals surface area contributed by atoms with Gasteiger partial charge in [0.05, 0.1) is 24.8 Å². The fourth-order valence-electron chi connectivity index (χ4n) is 2.63. The second-order valence-corrected chi connectivity index (χ2v) is 6.83. The summed E-state index contributed by atoms with van der Waals surface area (Å²) < 4.78 is 11.0. The van der Waals surface area contributed by atoms with Crippen LogP contribution in [0.2, 0.25) is 0 Å². The summed E-state index contributed by atoms with van der Waals surface area (Å²) in [7, 11) is 0. The number of carbonyl (C=O) groups excluding carboxylic acids is 2. The number of benzene rings is 1. The maximum atomic E-state index is 12.5. The number of ether oxygens (including phenoxy) is 2. The van der Waals surface area contributed by atoms with Crippen LogP contribution in [-0.2, 0) is 9.53 Å². The fraction of sp³-hybridized carbons (Fsp3) is 0.500. The first-order valence-electron chi connectivity index (χ1n) is 9.10. The predicted octanol–water partition coefficient (Wildman–Crippen LogP) is 3.69.